The van der Waals surface area contributed by atoms with Crippen molar-refractivity contribution in [1.82, 2.24) is 14.9 Å². The number of aromatic nitrogens is 2. The molecule has 1 aliphatic rings. The molecule has 3 aromatic rings. The molecule has 0 saturated carbocycles. The summed E-state index contributed by atoms with van der Waals surface area (Å²) in [6.45, 7) is 4.14. The van der Waals surface area contributed by atoms with Crippen molar-refractivity contribution in [1.29, 1.82) is 0 Å². The van der Waals surface area contributed by atoms with Crippen molar-refractivity contribution in [3.05, 3.63) is 98.8 Å². The van der Waals surface area contributed by atoms with E-state index in [1.165, 1.54) is 23.0 Å². The summed E-state index contributed by atoms with van der Waals surface area (Å²) in [5.41, 5.74) is 2.17. The van der Waals surface area contributed by atoms with E-state index in [4.69, 9.17) is 23.2 Å². The summed E-state index contributed by atoms with van der Waals surface area (Å²) in [4.78, 5) is 30.3. The number of anilines is 1. The second kappa shape index (κ2) is 8.29. The van der Waals surface area contributed by atoms with Crippen molar-refractivity contribution in [3.8, 4) is 5.75 Å². The predicted octanol–water partition coefficient (Wildman–Crippen LogP) is 4.22. The molecular formula is C22H16Cl2N4O3. The van der Waals surface area contributed by atoms with E-state index >= 15 is 0 Å². The molecule has 0 bridgehead atoms. The SMILES string of the molecule is C=C1C=C(Cn2cnc3cccc(NC(=O)c4cc(Cl)c(O)c(Cl)c4)c3c2=O)C=CN1. The molecule has 156 valence electrons. The van der Waals surface area contributed by atoms with Gasteiger partial charge < -0.3 is 15.7 Å². The number of phenols is 1. The van der Waals surface area contributed by atoms with Crippen LogP contribution < -0.4 is 16.2 Å². The Morgan fingerprint density at radius 3 is 2.71 bits per heavy atom. The van der Waals surface area contributed by atoms with Crippen molar-refractivity contribution >= 4 is 45.7 Å². The number of fused-ring (bicyclic) bond motifs is 1. The Labute approximate surface area is 186 Å². The summed E-state index contributed by atoms with van der Waals surface area (Å²) in [5.74, 6) is -0.840. The number of hydrogen-bond donors (Lipinski definition) is 3. The van der Waals surface area contributed by atoms with Crippen molar-refractivity contribution in [2.24, 2.45) is 0 Å². The number of allylic oxidation sites excluding steroid dienone is 3. The van der Waals surface area contributed by atoms with Crippen LogP contribution in [-0.4, -0.2) is 20.6 Å². The second-order valence-corrected chi connectivity index (χ2v) is 7.66. The van der Waals surface area contributed by atoms with Crippen LogP contribution in [0.25, 0.3) is 10.9 Å². The quantitative estimate of drug-likeness (QED) is 0.548. The summed E-state index contributed by atoms with van der Waals surface area (Å²) >= 11 is 11.8. The van der Waals surface area contributed by atoms with E-state index in [-0.39, 0.29) is 32.3 Å². The Kier molecular flexibility index (Phi) is 5.54. The average Bonchev–Trinajstić information content (AvgIpc) is 2.73. The normalized spacial score (nSPS) is 13.1. The maximum Gasteiger partial charge on any atom is 0.263 e. The number of amides is 1. The summed E-state index contributed by atoms with van der Waals surface area (Å²) in [6.07, 6.45) is 6.89. The molecule has 0 fully saturated rings. The highest BCUT2D eigenvalue weighted by Gasteiger charge is 2.16. The minimum atomic E-state index is -0.536. The van der Waals surface area contributed by atoms with Crippen LogP contribution in [0.5, 0.6) is 5.75 Å². The van der Waals surface area contributed by atoms with Gasteiger partial charge in [-0.2, -0.15) is 0 Å². The van der Waals surface area contributed by atoms with Gasteiger partial charge in [-0.3, -0.25) is 14.2 Å². The third-order valence-corrected chi connectivity index (χ3v) is 5.24. The largest absolute Gasteiger partial charge is 0.505 e. The maximum absolute atomic E-state index is 13.2. The van der Waals surface area contributed by atoms with Crippen LogP contribution in [0.4, 0.5) is 5.69 Å². The minimum absolute atomic E-state index is 0.0514. The Hall–Kier alpha value is -3.55. The van der Waals surface area contributed by atoms with Crippen LogP contribution in [0.15, 0.2) is 77.7 Å². The first-order valence-electron chi connectivity index (χ1n) is 9.13. The molecule has 0 atom stereocenters. The van der Waals surface area contributed by atoms with Gasteiger partial charge >= 0.3 is 0 Å². The molecule has 2 aromatic carbocycles. The molecule has 7 nitrogen and oxygen atoms in total. The van der Waals surface area contributed by atoms with Gasteiger partial charge in [-0.05, 0) is 42.0 Å². The molecule has 4 rings (SSSR count). The van der Waals surface area contributed by atoms with Gasteiger partial charge in [0.1, 0.15) is 0 Å². The number of carbonyl (C=O) groups excluding carboxylic acids is 1. The molecule has 31 heavy (non-hydrogen) atoms. The number of carbonyl (C=O) groups is 1. The molecule has 1 amide bonds. The number of rotatable bonds is 4. The van der Waals surface area contributed by atoms with E-state index in [0.717, 1.165) is 11.3 Å². The van der Waals surface area contributed by atoms with Crippen LogP contribution in [0, 0.1) is 0 Å². The Balaban J connectivity index is 1.71. The maximum atomic E-state index is 13.2. The molecule has 0 aliphatic carbocycles. The molecule has 0 unspecified atom stereocenters. The van der Waals surface area contributed by atoms with Crippen LogP contribution in [0.2, 0.25) is 10.0 Å². The fraction of sp³-hybridized carbons (Fsp3) is 0.0455. The van der Waals surface area contributed by atoms with Crippen LogP contribution in [0.1, 0.15) is 10.4 Å². The molecule has 0 spiro atoms. The highest BCUT2D eigenvalue weighted by Crippen LogP contribution is 2.33. The third kappa shape index (κ3) is 4.19. The van der Waals surface area contributed by atoms with E-state index in [0.29, 0.717) is 17.7 Å². The highest BCUT2D eigenvalue weighted by atomic mass is 35.5. The molecule has 0 radical (unpaired) electrons. The van der Waals surface area contributed by atoms with Gasteiger partial charge in [0.2, 0.25) is 0 Å². The number of dihydropyridines is 1. The summed E-state index contributed by atoms with van der Waals surface area (Å²) in [6, 6.07) is 7.58. The first-order chi connectivity index (χ1) is 14.8. The van der Waals surface area contributed by atoms with E-state index < -0.39 is 5.91 Å². The second-order valence-electron chi connectivity index (χ2n) is 6.84. The van der Waals surface area contributed by atoms with Gasteiger partial charge in [0.25, 0.3) is 11.5 Å². The van der Waals surface area contributed by atoms with Gasteiger partial charge in [0, 0.05) is 17.5 Å². The minimum Gasteiger partial charge on any atom is -0.505 e. The van der Waals surface area contributed by atoms with Crippen molar-refractivity contribution in [2.45, 2.75) is 6.54 Å². The van der Waals surface area contributed by atoms with Crippen molar-refractivity contribution in [2.75, 3.05) is 5.32 Å². The van der Waals surface area contributed by atoms with E-state index in [1.54, 1.807) is 24.4 Å². The zero-order valence-corrected chi connectivity index (χ0v) is 17.5. The number of aromatic hydroxyl groups is 1. The fourth-order valence-corrected chi connectivity index (χ4v) is 3.66. The summed E-state index contributed by atoms with van der Waals surface area (Å²) in [5, 5.41) is 15.5. The topological polar surface area (TPSA) is 96.2 Å². The highest BCUT2D eigenvalue weighted by molar-refractivity contribution is 6.37. The lowest BCUT2D eigenvalue weighted by Crippen LogP contribution is -2.24. The lowest BCUT2D eigenvalue weighted by molar-refractivity contribution is 0.102. The zero-order chi connectivity index (χ0) is 22.1. The number of halogens is 2. The summed E-state index contributed by atoms with van der Waals surface area (Å²) in [7, 11) is 0. The Morgan fingerprint density at radius 2 is 2.00 bits per heavy atom. The average molecular weight is 455 g/mol. The van der Waals surface area contributed by atoms with Crippen LogP contribution in [0.3, 0.4) is 0 Å². The first kappa shape index (κ1) is 20.7. The molecule has 1 aliphatic heterocycles. The smallest absolute Gasteiger partial charge is 0.263 e. The standard InChI is InChI=1S/C22H16Cl2N4O3/c1-12-7-13(5-6-25-12)10-28-11-26-17-3-2-4-18(19(17)22(28)31)27-21(30)14-8-15(23)20(29)16(24)9-14/h2-9,11,25,29H,1,10H2,(H,27,30). The van der Waals surface area contributed by atoms with Gasteiger partial charge in [-0.25, -0.2) is 4.98 Å². The van der Waals surface area contributed by atoms with Crippen molar-refractivity contribution in [3.63, 3.8) is 0 Å². The lowest BCUT2D eigenvalue weighted by Gasteiger charge is -2.14. The van der Waals surface area contributed by atoms with Crippen molar-refractivity contribution < 1.29 is 9.90 Å². The van der Waals surface area contributed by atoms with E-state index in [2.05, 4.69) is 22.2 Å². The molecule has 3 N–H and O–H groups in total. The first-order valence-corrected chi connectivity index (χ1v) is 9.89. The van der Waals surface area contributed by atoms with E-state index in [1.807, 2.05) is 12.2 Å². The lowest BCUT2D eigenvalue weighted by atomic mass is 10.1. The number of benzene rings is 2. The predicted molar refractivity (Wildman–Crippen MR) is 122 cm³/mol. The monoisotopic (exact) mass is 454 g/mol. The number of nitrogens with one attached hydrogen (secondary N) is 2. The third-order valence-electron chi connectivity index (χ3n) is 4.66. The number of phenolic OH excluding ortho intramolecular Hbond substituents is 1. The van der Waals surface area contributed by atoms with E-state index in [9.17, 15) is 14.7 Å². The number of hydrogen-bond acceptors (Lipinski definition) is 5. The van der Waals surface area contributed by atoms with Crippen LogP contribution >= 0.6 is 23.2 Å². The Morgan fingerprint density at radius 1 is 1.26 bits per heavy atom. The molecule has 9 heteroatoms. The van der Waals surface area contributed by atoms with Crippen LogP contribution in [-0.2, 0) is 6.54 Å². The Bertz CT molecular complexity index is 1340. The molecule has 1 aromatic heterocycles. The summed E-state index contributed by atoms with van der Waals surface area (Å²) < 4.78 is 1.46. The molecule has 0 saturated heterocycles. The fourth-order valence-electron chi connectivity index (χ4n) is 3.17. The van der Waals surface area contributed by atoms with Gasteiger partial charge in [-0.1, -0.05) is 35.8 Å². The van der Waals surface area contributed by atoms with Gasteiger partial charge in [-0.15, -0.1) is 0 Å². The van der Waals surface area contributed by atoms with Gasteiger partial charge in [0.05, 0.1) is 39.5 Å². The zero-order valence-electron chi connectivity index (χ0n) is 16.0. The molecular weight excluding hydrogens is 439 g/mol. The molecule has 2 heterocycles. The number of nitrogens with zero attached hydrogens (tertiary/aromatic N) is 2. The van der Waals surface area contributed by atoms with Gasteiger partial charge in [0.15, 0.2) is 5.75 Å².